The van der Waals surface area contributed by atoms with E-state index in [1.54, 1.807) is 38.6 Å². The minimum absolute atomic E-state index is 0.140. The van der Waals surface area contributed by atoms with Crippen LogP contribution in [0.3, 0.4) is 0 Å². The Morgan fingerprint density at radius 3 is 2.38 bits per heavy atom. The first-order valence-corrected chi connectivity index (χ1v) is 9.91. The summed E-state index contributed by atoms with van der Waals surface area (Å²) < 4.78 is 39.8. The Morgan fingerprint density at radius 1 is 1.19 bits per heavy atom. The number of aromatic nitrogens is 2. The number of sulfonamides is 1. The molecular weight excluding hydrogens is 358 g/mol. The van der Waals surface area contributed by atoms with Gasteiger partial charge in [0.1, 0.15) is 22.5 Å². The number of hydrogen-bond acceptors (Lipinski definition) is 6. The van der Waals surface area contributed by atoms with Gasteiger partial charge >= 0.3 is 5.63 Å². The fourth-order valence-electron chi connectivity index (χ4n) is 3.28. The summed E-state index contributed by atoms with van der Waals surface area (Å²) in [4.78, 5) is 11.7. The highest BCUT2D eigenvalue weighted by Crippen LogP contribution is 2.27. The number of aryl methyl sites for hydroxylation is 3. The van der Waals surface area contributed by atoms with Gasteiger partial charge < -0.3 is 9.15 Å². The van der Waals surface area contributed by atoms with Gasteiger partial charge in [-0.1, -0.05) is 0 Å². The molecule has 142 valence electrons. The van der Waals surface area contributed by atoms with Crippen molar-refractivity contribution in [3.8, 4) is 5.75 Å². The lowest BCUT2D eigenvalue weighted by Crippen LogP contribution is -2.42. The van der Waals surface area contributed by atoms with Crippen molar-refractivity contribution < 1.29 is 17.6 Å². The minimum atomic E-state index is -3.58. The molecule has 3 heterocycles. The molecule has 1 aliphatic heterocycles. The molecule has 1 aliphatic rings. The van der Waals surface area contributed by atoms with E-state index >= 15 is 0 Å². The second kappa shape index (κ2) is 6.88. The van der Waals surface area contributed by atoms with E-state index in [9.17, 15) is 13.2 Å². The zero-order valence-electron chi connectivity index (χ0n) is 15.4. The number of nitrogens with zero attached hydrogens (tertiary/aromatic N) is 3. The van der Waals surface area contributed by atoms with Gasteiger partial charge in [0.2, 0.25) is 10.0 Å². The van der Waals surface area contributed by atoms with E-state index in [0.29, 0.717) is 48.8 Å². The Bertz CT molecular complexity index is 969. The van der Waals surface area contributed by atoms with E-state index in [2.05, 4.69) is 5.10 Å². The van der Waals surface area contributed by atoms with Crippen LogP contribution in [0.5, 0.6) is 5.75 Å². The van der Waals surface area contributed by atoms with Crippen LogP contribution in [0.15, 0.2) is 26.2 Å². The molecule has 1 fully saturated rings. The van der Waals surface area contributed by atoms with Gasteiger partial charge in [-0.25, -0.2) is 13.2 Å². The van der Waals surface area contributed by atoms with Crippen molar-refractivity contribution in [3.63, 3.8) is 0 Å². The quantitative estimate of drug-likeness (QED) is 0.797. The molecular formula is C17H23N3O5S. The predicted octanol–water partition coefficient (Wildman–Crippen LogP) is 1.53. The Kier molecular flexibility index (Phi) is 4.94. The van der Waals surface area contributed by atoms with Crippen molar-refractivity contribution in [2.24, 2.45) is 7.05 Å². The molecule has 0 aromatic carbocycles. The molecule has 0 atom stereocenters. The summed E-state index contributed by atoms with van der Waals surface area (Å²) in [6.07, 6.45) is 0.965. The third-order valence-corrected chi connectivity index (χ3v) is 6.76. The fourth-order valence-corrected chi connectivity index (χ4v) is 5.15. The number of ether oxygens (including phenoxy) is 1. The van der Waals surface area contributed by atoms with Gasteiger partial charge in [0.25, 0.3) is 0 Å². The normalized spacial score (nSPS) is 16.8. The van der Waals surface area contributed by atoms with Gasteiger partial charge in [-0.05, 0) is 33.6 Å². The average Bonchev–Trinajstić information content (AvgIpc) is 2.80. The van der Waals surface area contributed by atoms with Gasteiger partial charge in [0, 0.05) is 26.2 Å². The zero-order valence-corrected chi connectivity index (χ0v) is 16.2. The van der Waals surface area contributed by atoms with Crippen LogP contribution in [0.1, 0.15) is 30.0 Å². The van der Waals surface area contributed by atoms with Crippen molar-refractivity contribution in [3.05, 3.63) is 39.7 Å². The van der Waals surface area contributed by atoms with Crippen LogP contribution in [-0.2, 0) is 17.1 Å². The summed E-state index contributed by atoms with van der Waals surface area (Å²) in [5, 5.41) is 4.21. The minimum Gasteiger partial charge on any atom is -0.490 e. The maximum Gasteiger partial charge on any atom is 0.339 e. The molecule has 1 saturated heterocycles. The summed E-state index contributed by atoms with van der Waals surface area (Å²) in [5.74, 6) is 0.939. The van der Waals surface area contributed by atoms with E-state index in [1.165, 1.54) is 10.4 Å². The molecule has 0 saturated carbocycles. The highest BCUT2D eigenvalue weighted by Gasteiger charge is 2.34. The zero-order chi connectivity index (χ0) is 19.1. The first kappa shape index (κ1) is 18.7. The van der Waals surface area contributed by atoms with Crippen molar-refractivity contribution >= 4 is 10.0 Å². The van der Waals surface area contributed by atoms with E-state index in [4.69, 9.17) is 9.15 Å². The van der Waals surface area contributed by atoms with Gasteiger partial charge in [0.05, 0.1) is 17.5 Å². The monoisotopic (exact) mass is 381 g/mol. The van der Waals surface area contributed by atoms with Crippen LogP contribution < -0.4 is 10.4 Å². The lowest BCUT2D eigenvalue weighted by Gasteiger charge is -2.31. The van der Waals surface area contributed by atoms with Gasteiger partial charge in [-0.15, -0.1) is 0 Å². The van der Waals surface area contributed by atoms with Crippen LogP contribution in [0.25, 0.3) is 0 Å². The van der Waals surface area contributed by atoms with Crippen molar-refractivity contribution in [1.29, 1.82) is 0 Å². The van der Waals surface area contributed by atoms with Crippen LogP contribution >= 0.6 is 0 Å². The standard InChI is InChI=1S/C17H23N3O5S/c1-11-9-15(10-16(21)24-11)25-14-5-7-20(8-6-14)26(22,23)17-12(2)18-19(4)13(17)3/h9-10,14H,5-8H2,1-4H3. The third-order valence-electron chi connectivity index (χ3n) is 4.61. The van der Waals surface area contributed by atoms with Crippen molar-refractivity contribution in [2.45, 2.75) is 44.6 Å². The van der Waals surface area contributed by atoms with Gasteiger partial charge in [-0.3, -0.25) is 4.68 Å². The Hall–Kier alpha value is -2.13. The molecule has 2 aromatic heterocycles. The lowest BCUT2D eigenvalue weighted by atomic mass is 10.1. The maximum atomic E-state index is 13.0. The molecule has 0 amide bonds. The molecule has 0 unspecified atom stereocenters. The van der Waals surface area contributed by atoms with Crippen LogP contribution in [-0.4, -0.2) is 41.7 Å². The molecule has 0 radical (unpaired) electrons. The fraction of sp³-hybridized carbons (Fsp3) is 0.529. The molecule has 9 heteroatoms. The molecule has 0 bridgehead atoms. The molecule has 2 aromatic rings. The molecule has 8 nitrogen and oxygen atoms in total. The largest absolute Gasteiger partial charge is 0.490 e. The number of rotatable bonds is 4. The molecule has 0 N–H and O–H groups in total. The summed E-state index contributed by atoms with van der Waals surface area (Å²) in [6, 6.07) is 2.96. The summed E-state index contributed by atoms with van der Waals surface area (Å²) in [7, 11) is -1.85. The maximum absolute atomic E-state index is 13.0. The molecule has 26 heavy (non-hydrogen) atoms. The second-order valence-corrected chi connectivity index (χ2v) is 8.44. The van der Waals surface area contributed by atoms with Gasteiger partial charge in [0.15, 0.2) is 0 Å². The van der Waals surface area contributed by atoms with E-state index in [0.717, 1.165) is 0 Å². The van der Waals surface area contributed by atoms with E-state index in [1.807, 2.05) is 0 Å². The number of piperidine rings is 1. The van der Waals surface area contributed by atoms with Crippen molar-refractivity contribution in [2.75, 3.05) is 13.1 Å². The topological polar surface area (TPSA) is 94.6 Å². The smallest absolute Gasteiger partial charge is 0.339 e. The highest BCUT2D eigenvalue weighted by atomic mass is 32.2. The van der Waals surface area contributed by atoms with Crippen LogP contribution in [0, 0.1) is 20.8 Å². The number of hydrogen-bond donors (Lipinski definition) is 0. The first-order valence-electron chi connectivity index (χ1n) is 8.47. The SMILES string of the molecule is Cc1cc(OC2CCN(S(=O)(=O)c3c(C)nn(C)c3C)CC2)cc(=O)o1. The third kappa shape index (κ3) is 3.54. The molecule has 0 aliphatic carbocycles. The highest BCUT2D eigenvalue weighted by molar-refractivity contribution is 7.89. The Labute approximate surface area is 152 Å². The predicted molar refractivity (Wildman–Crippen MR) is 94.8 cm³/mol. The first-order chi connectivity index (χ1) is 12.2. The summed E-state index contributed by atoms with van der Waals surface area (Å²) in [5.41, 5.74) is 0.685. The van der Waals surface area contributed by atoms with Crippen LogP contribution in [0.4, 0.5) is 0 Å². The Morgan fingerprint density at radius 2 is 1.85 bits per heavy atom. The van der Waals surface area contributed by atoms with E-state index < -0.39 is 15.6 Å². The van der Waals surface area contributed by atoms with Crippen molar-refractivity contribution in [1.82, 2.24) is 14.1 Å². The second-order valence-electron chi connectivity index (χ2n) is 6.57. The molecule has 0 spiro atoms. The summed E-state index contributed by atoms with van der Waals surface area (Å²) >= 11 is 0. The Balaban J connectivity index is 1.71. The average molecular weight is 381 g/mol. The van der Waals surface area contributed by atoms with Crippen LogP contribution in [0.2, 0.25) is 0 Å². The van der Waals surface area contributed by atoms with Gasteiger partial charge in [-0.2, -0.15) is 9.40 Å². The van der Waals surface area contributed by atoms with E-state index in [-0.39, 0.29) is 11.0 Å². The summed E-state index contributed by atoms with van der Waals surface area (Å²) in [6.45, 7) is 5.87. The lowest BCUT2D eigenvalue weighted by molar-refractivity contribution is 0.134. The molecule has 3 rings (SSSR count).